The molecule has 1 saturated carbocycles. The lowest BCUT2D eigenvalue weighted by Crippen LogP contribution is -2.26. The lowest BCUT2D eigenvalue weighted by atomic mass is 9.76. The molecule has 0 spiro atoms. The molecule has 0 radical (unpaired) electrons. The number of nitrogens with zero attached hydrogens (tertiary/aromatic N) is 2. The van der Waals surface area contributed by atoms with E-state index < -0.39 is 0 Å². The van der Waals surface area contributed by atoms with Crippen LogP contribution in [0.15, 0.2) is 6.07 Å². The number of rotatable bonds is 2. The summed E-state index contributed by atoms with van der Waals surface area (Å²) in [5.41, 5.74) is 6.79. The van der Waals surface area contributed by atoms with Crippen LogP contribution in [0.2, 0.25) is 0 Å². The summed E-state index contributed by atoms with van der Waals surface area (Å²) >= 11 is 0. The maximum Gasteiger partial charge on any atom is 0.145 e. The molecule has 72 valence electrons. The SMILES string of the molecule is Cc1cc(N)nn1CC1CC(C)C1. The monoisotopic (exact) mass is 179 g/mol. The topological polar surface area (TPSA) is 43.8 Å². The molecule has 3 heteroatoms. The number of hydrogen-bond donors (Lipinski definition) is 1. The van der Waals surface area contributed by atoms with Crippen molar-refractivity contribution in [3.8, 4) is 0 Å². The molecule has 0 atom stereocenters. The van der Waals surface area contributed by atoms with Crippen LogP contribution in [-0.4, -0.2) is 9.78 Å². The second-order valence-corrected chi connectivity index (χ2v) is 4.34. The van der Waals surface area contributed by atoms with Crippen molar-refractivity contribution in [1.29, 1.82) is 0 Å². The van der Waals surface area contributed by atoms with Crippen LogP contribution in [0.3, 0.4) is 0 Å². The predicted molar refractivity (Wildman–Crippen MR) is 53.3 cm³/mol. The molecule has 1 aromatic rings. The molecular weight excluding hydrogens is 162 g/mol. The lowest BCUT2D eigenvalue weighted by Gasteiger charge is -2.32. The molecular formula is C10H17N3. The molecule has 1 aliphatic carbocycles. The highest BCUT2D eigenvalue weighted by atomic mass is 15.3. The van der Waals surface area contributed by atoms with Crippen LogP contribution in [0.1, 0.15) is 25.5 Å². The highest BCUT2D eigenvalue weighted by Gasteiger charge is 2.25. The van der Waals surface area contributed by atoms with E-state index in [-0.39, 0.29) is 0 Å². The van der Waals surface area contributed by atoms with E-state index in [1.165, 1.54) is 18.5 Å². The number of anilines is 1. The second kappa shape index (κ2) is 3.05. The van der Waals surface area contributed by atoms with Crippen LogP contribution >= 0.6 is 0 Å². The van der Waals surface area contributed by atoms with Gasteiger partial charge in [0.25, 0.3) is 0 Å². The van der Waals surface area contributed by atoms with Gasteiger partial charge in [0.2, 0.25) is 0 Å². The van der Waals surface area contributed by atoms with E-state index >= 15 is 0 Å². The van der Waals surface area contributed by atoms with Crippen LogP contribution < -0.4 is 5.73 Å². The van der Waals surface area contributed by atoms with Gasteiger partial charge in [0.05, 0.1) is 0 Å². The number of nitrogens with two attached hydrogens (primary N) is 1. The normalized spacial score (nSPS) is 27.2. The van der Waals surface area contributed by atoms with Gasteiger partial charge in [-0.25, -0.2) is 0 Å². The summed E-state index contributed by atoms with van der Waals surface area (Å²) < 4.78 is 2.03. The van der Waals surface area contributed by atoms with E-state index in [1.54, 1.807) is 0 Å². The fourth-order valence-electron chi connectivity index (χ4n) is 2.18. The molecule has 2 rings (SSSR count). The number of nitrogen functional groups attached to an aromatic ring is 1. The fraction of sp³-hybridized carbons (Fsp3) is 0.700. The second-order valence-electron chi connectivity index (χ2n) is 4.34. The minimum Gasteiger partial charge on any atom is -0.382 e. The number of aromatic nitrogens is 2. The number of aryl methyl sites for hydroxylation is 1. The molecule has 1 aliphatic rings. The Balaban J connectivity index is 1.98. The molecule has 2 N–H and O–H groups in total. The lowest BCUT2D eigenvalue weighted by molar-refractivity contribution is 0.181. The average molecular weight is 179 g/mol. The minimum atomic E-state index is 0.643. The molecule has 3 nitrogen and oxygen atoms in total. The van der Waals surface area contributed by atoms with Crippen molar-refractivity contribution < 1.29 is 0 Å². The molecule has 1 fully saturated rings. The van der Waals surface area contributed by atoms with Gasteiger partial charge in [-0.3, -0.25) is 4.68 Å². The van der Waals surface area contributed by atoms with Crippen molar-refractivity contribution in [3.63, 3.8) is 0 Å². The Hall–Kier alpha value is -0.990. The Labute approximate surface area is 78.9 Å². The van der Waals surface area contributed by atoms with Crippen molar-refractivity contribution in [1.82, 2.24) is 9.78 Å². The molecule has 1 heterocycles. The van der Waals surface area contributed by atoms with Gasteiger partial charge in [-0.15, -0.1) is 0 Å². The highest BCUT2D eigenvalue weighted by Crippen LogP contribution is 2.34. The molecule has 0 amide bonds. The minimum absolute atomic E-state index is 0.643. The standard InChI is InChI=1S/C10H17N3/c1-7-3-9(4-7)6-13-8(2)5-10(11)12-13/h5,7,9H,3-4,6H2,1-2H3,(H2,11,12). The first-order valence-electron chi connectivity index (χ1n) is 4.95. The molecule has 13 heavy (non-hydrogen) atoms. The van der Waals surface area contributed by atoms with Crippen LogP contribution in [-0.2, 0) is 6.54 Å². The van der Waals surface area contributed by atoms with Crippen LogP contribution in [0.5, 0.6) is 0 Å². The summed E-state index contributed by atoms with van der Waals surface area (Å²) in [6.45, 7) is 5.42. The van der Waals surface area contributed by atoms with Gasteiger partial charge in [0.1, 0.15) is 5.82 Å². The predicted octanol–water partition coefficient (Wildman–Crippen LogP) is 1.82. The van der Waals surface area contributed by atoms with Crippen molar-refractivity contribution >= 4 is 5.82 Å². The zero-order chi connectivity index (χ0) is 9.42. The van der Waals surface area contributed by atoms with Crippen molar-refractivity contribution in [3.05, 3.63) is 11.8 Å². The van der Waals surface area contributed by atoms with E-state index in [1.807, 2.05) is 10.7 Å². The Kier molecular flexibility index (Phi) is 2.02. The largest absolute Gasteiger partial charge is 0.382 e. The zero-order valence-corrected chi connectivity index (χ0v) is 8.33. The van der Waals surface area contributed by atoms with E-state index in [9.17, 15) is 0 Å². The maximum absolute atomic E-state index is 5.61. The Morgan fingerprint density at radius 1 is 1.62 bits per heavy atom. The molecule has 0 aliphatic heterocycles. The summed E-state index contributed by atoms with van der Waals surface area (Å²) in [7, 11) is 0. The van der Waals surface area contributed by atoms with E-state index in [0.29, 0.717) is 5.82 Å². The Bertz CT molecular complexity index is 297. The summed E-state index contributed by atoms with van der Waals surface area (Å²) in [5.74, 6) is 2.39. The van der Waals surface area contributed by atoms with Crippen LogP contribution in [0, 0.1) is 18.8 Å². The summed E-state index contributed by atoms with van der Waals surface area (Å²) in [4.78, 5) is 0. The van der Waals surface area contributed by atoms with Gasteiger partial charge in [-0.05, 0) is 31.6 Å². The molecule has 0 saturated heterocycles. The smallest absolute Gasteiger partial charge is 0.145 e. The van der Waals surface area contributed by atoms with Gasteiger partial charge >= 0.3 is 0 Å². The van der Waals surface area contributed by atoms with Gasteiger partial charge in [0.15, 0.2) is 0 Å². The van der Waals surface area contributed by atoms with Gasteiger partial charge in [-0.2, -0.15) is 5.10 Å². The third-order valence-corrected chi connectivity index (χ3v) is 2.90. The third kappa shape index (κ3) is 1.69. The first-order chi connectivity index (χ1) is 6.15. The Morgan fingerprint density at radius 3 is 2.77 bits per heavy atom. The molecule has 0 unspecified atom stereocenters. The van der Waals surface area contributed by atoms with Crippen molar-refractivity contribution in [2.45, 2.75) is 33.2 Å². The van der Waals surface area contributed by atoms with Crippen LogP contribution in [0.4, 0.5) is 5.82 Å². The van der Waals surface area contributed by atoms with Crippen molar-refractivity contribution in [2.75, 3.05) is 5.73 Å². The zero-order valence-electron chi connectivity index (χ0n) is 8.33. The summed E-state index contributed by atoms with van der Waals surface area (Å²) in [5, 5.41) is 4.25. The first kappa shape index (κ1) is 8.60. The molecule has 1 aromatic heterocycles. The van der Waals surface area contributed by atoms with Gasteiger partial charge < -0.3 is 5.73 Å². The average Bonchev–Trinajstić information content (AvgIpc) is 2.27. The van der Waals surface area contributed by atoms with Gasteiger partial charge in [0, 0.05) is 18.3 Å². The molecule has 0 bridgehead atoms. The summed E-state index contributed by atoms with van der Waals surface area (Å²) in [6.07, 6.45) is 2.69. The summed E-state index contributed by atoms with van der Waals surface area (Å²) in [6, 6.07) is 1.93. The fourth-order valence-corrected chi connectivity index (χ4v) is 2.18. The maximum atomic E-state index is 5.61. The van der Waals surface area contributed by atoms with E-state index in [2.05, 4.69) is 18.9 Å². The first-order valence-corrected chi connectivity index (χ1v) is 4.95. The Morgan fingerprint density at radius 2 is 2.31 bits per heavy atom. The quantitative estimate of drug-likeness (QED) is 0.752. The van der Waals surface area contributed by atoms with E-state index in [4.69, 9.17) is 5.73 Å². The van der Waals surface area contributed by atoms with Crippen molar-refractivity contribution in [2.24, 2.45) is 11.8 Å². The number of hydrogen-bond acceptors (Lipinski definition) is 2. The van der Waals surface area contributed by atoms with Gasteiger partial charge in [-0.1, -0.05) is 6.92 Å². The molecule has 0 aromatic carbocycles. The van der Waals surface area contributed by atoms with Crippen LogP contribution in [0.25, 0.3) is 0 Å². The highest BCUT2D eigenvalue weighted by molar-refractivity contribution is 5.28. The third-order valence-electron chi connectivity index (χ3n) is 2.90. The van der Waals surface area contributed by atoms with E-state index in [0.717, 1.165) is 18.4 Å².